The SMILES string of the molecule is C#CC(CC(=O)O)NC(=O)[C@@H]1CCCN(C(=O)/C=C/C2=CCNCC2)C1.Cl. The van der Waals surface area contributed by atoms with E-state index >= 15 is 0 Å². The van der Waals surface area contributed by atoms with Gasteiger partial charge in [-0.05, 0) is 31.4 Å². The van der Waals surface area contributed by atoms with E-state index in [2.05, 4.69) is 22.6 Å². The summed E-state index contributed by atoms with van der Waals surface area (Å²) >= 11 is 0. The zero-order valence-electron chi connectivity index (χ0n) is 15.1. The van der Waals surface area contributed by atoms with E-state index in [1.165, 1.54) is 0 Å². The summed E-state index contributed by atoms with van der Waals surface area (Å²) in [5.74, 6) is 0.438. The number of carboxylic acid groups (broad SMARTS) is 1. The number of carboxylic acids is 1. The average Bonchev–Trinajstić information content (AvgIpc) is 2.66. The van der Waals surface area contributed by atoms with Crippen LogP contribution in [0.4, 0.5) is 0 Å². The number of allylic oxidation sites excluding steroid dienone is 1. The molecule has 2 aliphatic rings. The molecule has 1 unspecified atom stereocenters. The molecule has 27 heavy (non-hydrogen) atoms. The number of hydrogen-bond donors (Lipinski definition) is 3. The molecule has 2 heterocycles. The van der Waals surface area contributed by atoms with Crippen LogP contribution in [0.3, 0.4) is 0 Å². The minimum atomic E-state index is -1.06. The minimum Gasteiger partial charge on any atom is -0.481 e. The quantitative estimate of drug-likeness (QED) is 0.454. The summed E-state index contributed by atoms with van der Waals surface area (Å²) in [6, 6.07) is -0.835. The highest BCUT2D eigenvalue weighted by Gasteiger charge is 2.29. The van der Waals surface area contributed by atoms with Crippen molar-refractivity contribution in [3.8, 4) is 12.3 Å². The van der Waals surface area contributed by atoms with Gasteiger partial charge in [0.1, 0.15) is 6.04 Å². The highest BCUT2D eigenvalue weighted by Crippen LogP contribution is 2.18. The smallest absolute Gasteiger partial charge is 0.306 e. The molecular weight excluding hydrogens is 370 g/mol. The summed E-state index contributed by atoms with van der Waals surface area (Å²) in [6.07, 6.45) is 12.7. The van der Waals surface area contributed by atoms with Gasteiger partial charge in [0.25, 0.3) is 0 Å². The molecule has 0 aliphatic carbocycles. The molecule has 2 rings (SSSR count). The lowest BCUT2D eigenvalue weighted by Gasteiger charge is -2.31. The van der Waals surface area contributed by atoms with Crippen LogP contribution in [0.25, 0.3) is 0 Å². The number of amides is 2. The van der Waals surface area contributed by atoms with Crippen molar-refractivity contribution in [1.82, 2.24) is 15.5 Å². The molecular formula is C19H26ClN3O4. The number of likely N-dealkylation sites (tertiary alicyclic amines) is 1. The van der Waals surface area contributed by atoms with E-state index in [0.717, 1.165) is 31.5 Å². The van der Waals surface area contributed by atoms with Gasteiger partial charge in [0.15, 0.2) is 0 Å². The molecule has 0 aromatic carbocycles. The van der Waals surface area contributed by atoms with Crippen LogP contribution in [-0.4, -0.2) is 60.0 Å². The number of carbonyl (C=O) groups excluding carboxylic acids is 2. The molecule has 2 amide bonds. The summed E-state index contributed by atoms with van der Waals surface area (Å²) < 4.78 is 0. The predicted molar refractivity (Wildman–Crippen MR) is 104 cm³/mol. The monoisotopic (exact) mass is 395 g/mol. The standard InChI is InChI=1S/C19H25N3O4.ClH/c1-2-16(12-18(24)25)21-19(26)15-4-3-11-22(13-15)17(23)6-5-14-7-9-20-10-8-14;/h1,5-7,15-16,20H,3-4,8-13H2,(H,21,26)(H,24,25);1H/b6-5+;/t15-,16?;/m1./s1. The van der Waals surface area contributed by atoms with E-state index in [1.807, 2.05) is 6.08 Å². The molecule has 1 fully saturated rings. The Morgan fingerprint density at radius 1 is 1.48 bits per heavy atom. The molecule has 7 nitrogen and oxygen atoms in total. The van der Waals surface area contributed by atoms with Gasteiger partial charge in [0.2, 0.25) is 11.8 Å². The Hall–Kier alpha value is -2.30. The Balaban J connectivity index is 0.00000364. The van der Waals surface area contributed by atoms with E-state index in [-0.39, 0.29) is 36.6 Å². The van der Waals surface area contributed by atoms with Gasteiger partial charge in [-0.2, -0.15) is 0 Å². The van der Waals surface area contributed by atoms with Gasteiger partial charge in [0.05, 0.1) is 12.3 Å². The van der Waals surface area contributed by atoms with Crippen molar-refractivity contribution < 1.29 is 19.5 Å². The number of piperidine rings is 1. The molecule has 0 aromatic rings. The van der Waals surface area contributed by atoms with Gasteiger partial charge >= 0.3 is 5.97 Å². The second-order valence-corrected chi connectivity index (χ2v) is 6.52. The zero-order valence-corrected chi connectivity index (χ0v) is 16.0. The van der Waals surface area contributed by atoms with Crippen LogP contribution < -0.4 is 10.6 Å². The number of carbonyl (C=O) groups is 3. The van der Waals surface area contributed by atoms with Crippen molar-refractivity contribution in [2.75, 3.05) is 26.2 Å². The normalized spacial score (nSPS) is 20.8. The summed E-state index contributed by atoms with van der Waals surface area (Å²) in [5.41, 5.74) is 1.13. The van der Waals surface area contributed by atoms with E-state index in [9.17, 15) is 14.4 Å². The highest BCUT2D eigenvalue weighted by atomic mass is 35.5. The van der Waals surface area contributed by atoms with Gasteiger partial charge in [-0.1, -0.05) is 18.1 Å². The molecule has 8 heteroatoms. The molecule has 148 valence electrons. The Morgan fingerprint density at radius 3 is 2.89 bits per heavy atom. The van der Waals surface area contributed by atoms with Crippen molar-refractivity contribution in [1.29, 1.82) is 0 Å². The maximum absolute atomic E-state index is 12.4. The van der Waals surface area contributed by atoms with E-state index < -0.39 is 12.0 Å². The summed E-state index contributed by atoms with van der Waals surface area (Å²) in [5, 5.41) is 14.6. The van der Waals surface area contributed by atoms with Crippen molar-refractivity contribution in [3.63, 3.8) is 0 Å². The number of rotatable bonds is 6. The van der Waals surface area contributed by atoms with Gasteiger partial charge in [-0.25, -0.2) is 0 Å². The van der Waals surface area contributed by atoms with Crippen LogP contribution in [-0.2, 0) is 14.4 Å². The van der Waals surface area contributed by atoms with Gasteiger partial charge < -0.3 is 20.6 Å². The largest absolute Gasteiger partial charge is 0.481 e. The van der Waals surface area contributed by atoms with Crippen molar-refractivity contribution >= 4 is 30.2 Å². The molecule has 3 N–H and O–H groups in total. The first-order valence-corrected chi connectivity index (χ1v) is 8.84. The van der Waals surface area contributed by atoms with Crippen LogP contribution in [0, 0.1) is 18.3 Å². The van der Waals surface area contributed by atoms with Crippen molar-refractivity contribution in [2.45, 2.75) is 31.7 Å². The lowest BCUT2D eigenvalue weighted by molar-refractivity contribution is -0.137. The van der Waals surface area contributed by atoms with Crippen LogP contribution >= 0.6 is 12.4 Å². The summed E-state index contributed by atoms with van der Waals surface area (Å²) in [4.78, 5) is 37.2. The third kappa shape index (κ3) is 7.45. The van der Waals surface area contributed by atoms with Gasteiger partial charge in [-0.3, -0.25) is 14.4 Å². The molecule has 2 aliphatic heterocycles. The fourth-order valence-corrected chi connectivity index (χ4v) is 3.08. The van der Waals surface area contributed by atoms with Gasteiger partial charge in [-0.15, -0.1) is 18.8 Å². The fourth-order valence-electron chi connectivity index (χ4n) is 3.08. The molecule has 0 saturated carbocycles. The van der Waals surface area contributed by atoms with Gasteiger partial charge in [0, 0.05) is 25.7 Å². The second-order valence-electron chi connectivity index (χ2n) is 6.52. The van der Waals surface area contributed by atoms with Crippen LogP contribution in [0.5, 0.6) is 0 Å². The lowest BCUT2D eigenvalue weighted by Crippen LogP contribution is -2.47. The Labute approximate surface area is 165 Å². The number of halogens is 1. The maximum atomic E-state index is 12.4. The van der Waals surface area contributed by atoms with Crippen LogP contribution in [0.1, 0.15) is 25.7 Å². The second kappa shape index (κ2) is 11.4. The molecule has 0 radical (unpaired) electrons. The Kier molecular flexibility index (Phi) is 9.62. The third-order valence-electron chi connectivity index (χ3n) is 4.54. The number of hydrogen-bond acceptors (Lipinski definition) is 4. The average molecular weight is 396 g/mol. The number of nitrogens with zero attached hydrogens (tertiary/aromatic N) is 1. The third-order valence-corrected chi connectivity index (χ3v) is 4.54. The Morgan fingerprint density at radius 2 is 2.26 bits per heavy atom. The van der Waals surface area contributed by atoms with E-state index in [1.54, 1.807) is 11.0 Å². The summed E-state index contributed by atoms with van der Waals surface area (Å²) in [6.45, 7) is 2.65. The predicted octanol–water partition coefficient (Wildman–Crippen LogP) is 0.715. The molecule has 0 spiro atoms. The molecule has 1 saturated heterocycles. The molecule has 0 bridgehead atoms. The molecule has 0 aromatic heterocycles. The number of terminal acetylenes is 1. The van der Waals surface area contributed by atoms with Crippen LogP contribution in [0.2, 0.25) is 0 Å². The van der Waals surface area contributed by atoms with Crippen molar-refractivity contribution in [2.24, 2.45) is 5.92 Å². The lowest BCUT2D eigenvalue weighted by atomic mass is 9.96. The van der Waals surface area contributed by atoms with E-state index in [4.69, 9.17) is 11.5 Å². The topological polar surface area (TPSA) is 98.7 Å². The first-order chi connectivity index (χ1) is 12.5. The highest BCUT2D eigenvalue weighted by molar-refractivity contribution is 5.89. The Bertz CT molecular complexity index is 654. The first-order valence-electron chi connectivity index (χ1n) is 8.84. The number of aliphatic carboxylic acids is 1. The first kappa shape index (κ1) is 22.7. The minimum absolute atomic E-state index is 0. The zero-order chi connectivity index (χ0) is 18.9. The van der Waals surface area contributed by atoms with E-state index in [0.29, 0.717) is 19.5 Å². The summed E-state index contributed by atoms with van der Waals surface area (Å²) in [7, 11) is 0. The maximum Gasteiger partial charge on any atom is 0.306 e. The molecule has 2 atom stereocenters. The van der Waals surface area contributed by atoms with Crippen molar-refractivity contribution in [3.05, 3.63) is 23.8 Å². The van der Waals surface area contributed by atoms with Crippen LogP contribution in [0.15, 0.2) is 23.8 Å². The number of nitrogens with one attached hydrogen (secondary N) is 2. The fraction of sp³-hybridized carbons (Fsp3) is 0.526.